The van der Waals surface area contributed by atoms with Gasteiger partial charge in [-0.3, -0.25) is 4.90 Å². The van der Waals surface area contributed by atoms with E-state index >= 15 is 0 Å². The summed E-state index contributed by atoms with van der Waals surface area (Å²) in [5.74, 6) is 0. The minimum atomic E-state index is -0.235. The Morgan fingerprint density at radius 1 is 1.21 bits per heavy atom. The fraction of sp³-hybridized carbons (Fsp3) is 0.500. The molecule has 0 amide bonds. The van der Waals surface area contributed by atoms with Crippen LogP contribution in [0.4, 0.5) is 0 Å². The molecule has 0 spiro atoms. The SMILES string of the molecule is CCC(CO)(c1ccccc1)N(C)C. The van der Waals surface area contributed by atoms with Gasteiger partial charge in [-0.1, -0.05) is 37.3 Å². The lowest BCUT2D eigenvalue weighted by atomic mass is 9.87. The molecule has 0 saturated heterocycles. The Bertz CT molecular complexity index is 265. The van der Waals surface area contributed by atoms with Gasteiger partial charge in [-0.15, -0.1) is 0 Å². The number of hydrogen-bond acceptors (Lipinski definition) is 2. The highest BCUT2D eigenvalue weighted by Gasteiger charge is 2.31. The first-order valence-corrected chi connectivity index (χ1v) is 5.01. The molecule has 1 unspecified atom stereocenters. The van der Waals surface area contributed by atoms with E-state index in [0.717, 1.165) is 6.42 Å². The van der Waals surface area contributed by atoms with Crippen LogP contribution < -0.4 is 0 Å². The summed E-state index contributed by atoms with van der Waals surface area (Å²) in [7, 11) is 4.01. The van der Waals surface area contributed by atoms with Crippen molar-refractivity contribution < 1.29 is 5.11 Å². The van der Waals surface area contributed by atoms with E-state index in [1.54, 1.807) is 0 Å². The molecule has 0 heterocycles. The van der Waals surface area contributed by atoms with Crippen LogP contribution in [0.5, 0.6) is 0 Å². The third kappa shape index (κ3) is 1.81. The van der Waals surface area contributed by atoms with E-state index in [1.165, 1.54) is 5.56 Å². The summed E-state index contributed by atoms with van der Waals surface area (Å²) in [6.45, 7) is 2.25. The largest absolute Gasteiger partial charge is 0.394 e. The summed E-state index contributed by atoms with van der Waals surface area (Å²) in [5, 5.41) is 9.56. The molecule has 14 heavy (non-hydrogen) atoms. The van der Waals surface area contributed by atoms with E-state index in [9.17, 15) is 5.11 Å². The number of rotatable bonds is 4. The number of likely N-dealkylation sites (N-methyl/N-ethyl adjacent to an activating group) is 1. The molecule has 0 bridgehead atoms. The number of nitrogens with zero attached hydrogens (tertiary/aromatic N) is 1. The molecule has 1 aromatic carbocycles. The smallest absolute Gasteiger partial charge is 0.0686 e. The molecule has 2 nitrogen and oxygen atoms in total. The minimum Gasteiger partial charge on any atom is -0.394 e. The van der Waals surface area contributed by atoms with Gasteiger partial charge in [0.05, 0.1) is 12.1 Å². The number of hydrogen-bond donors (Lipinski definition) is 1. The van der Waals surface area contributed by atoms with Crippen molar-refractivity contribution in [3.05, 3.63) is 35.9 Å². The molecule has 0 aliphatic carbocycles. The van der Waals surface area contributed by atoms with Crippen LogP contribution in [-0.4, -0.2) is 30.7 Å². The molecule has 1 rings (SSSR count). The molecule has 0 fully saturated rings. The van der Waals surface area contributed by atoms with Crippen molar-refractivity contribution in [3.8, 4) is 0 Å². The number of benzene rings is 1. The fourth-order valence-corrected chi connectivity index (χ4v) is 1.87. The minimum absolute atomic E-state index is 0.153. The van der Waals surface area contributed by atoms with E-state index in [-0.39, 0.29) is 12.1 Å². The van der Waals surface area contributed by atoms with Crippen LogP contribution in [0.25, 0.3) is 0 Å². The van der Waals surface area contributed by atoms with Crippen LogP contribution in [0, 0.1) is 0 Å². The van der Waals surface area contributed by atoms with Crippen molar-refractivity contribution in [1.29, 1.82) is 0 Å². The van der Waals surface area contributed by atoms with Gasteiger partial charge in [0.1, 0.15) is 0 Å². The lowest BCUT2D eigenvalue weighted by Crippen LogP contribution is -2.44. The second kappa shape index (κ2) is 4.58. The van der Waals surface area contributed by atoms with Crippen molar-refractivity contribution in [3.63, 3.8) is 0 Å². The molecule has 0 aromatic heterocycles. The molecule has 78 valence electrons. The average Bonchev–Trinajstić information content (AvgIpc) is 2.22. The first kappa shape index (κ1) is 11.2. The van der Waals surface area contributed by atoms with E-state index in [0.29, 0.717) is 0 Å². The maximum absolute atomic E-state index is 9.56. The lowest BCUT2D eigenvalue weighted by molar-refractivity contribution is 0.0623. The van der Waals surface area contributed by atoms with Crippen LogP contribution in [0.2, 0.25) is 0 Å². The molecule has 0 saturated carbocycles. The summed E-state index contributed by atoms with van der Waals surface area (Å²) >= 11 is 0. The molecule has 1 atom stereocenters. The molecule has 2 heteroatoms. The first-order valence-electron chi connectivity index (χ1n) is 5.01. The Morgan fingerprint density at radius 3 is 2.14 bits per heavy atom. The average molecular weight is 193 g/mol. The van der Waals surface area contributed by atoms with Crippen molar-refractivity contribution in [2.24, 2.45) is 0 Å². The molecular weight excluding hydrogens is 174 g/mol. The quantitative estimate of drug-likeness (QED) is 0.788. The lowest BCUT2D eigenvalue weighted by Gasteiger charge is -2.38. The van der Waals surface area contributed by atoms with E-state index in [2.05, 4.69) is 24.0 Å². The Hall–Kier alpha value is -0.860. The highest BCUT2D eigenvalue weighted by atomic mass is 16.3. The molecule has 1 N–H and O–H groups in total. The number of aliphatic hydroxyl groups excluding tert-OH is 1. The van der Waals surface area contributed by atoms with Crippen LogP contribution in [0.15, 0.2) is 30.3 Å². The zero-order valence-corrected chi connectivity index (χ0v) is 9.20. The predicted octanol–water partition coefficient (Wildman–Crippen LogP) is 1.85. The van der Waals surface area contributed by atoms with Gasteiger partial charge in [-0.25, -0.2) is 0 Å². The van der Waals surface area contributed by atoms with Crippen molar-refractivity contribution in [2.75, 3.05) is 20.7 Å². The molecular formula is C12H19NO. The Morgan fingerprint density at radius 2 is 1.79 bits per heavy atom. The molecule has 0 aliphatic heterocycles. The van der Waals surface area contributed by atoms with Crippen LogP contribution in [0.3, 0.4) is 0 Å². The topological polar surface area (TPSA) is 23.5 Å². The summed E-state index contributed by atoms with van der Waals surface area (Å²) in [5.41, 5.74) is 0.941. The molecule has 1 aromatic rings. The van der Waals surface area contributed by atoms with Crippen molar-refractivity contribution in [1.82, 2.24) is 4.90 Å². The highest BCUT2D eigenvalue weighted by Crippen LogP contribution is 2.29. The third-order valence-electron chi connectivity index (χ3n) is 3.01. The van der Waals surface area contributed by atoms with Gasteiger partial charge in [-0.05, 0) is 26.1 Å². The monoisotopic (exact) mass is 193 g/mol. The van der Waals surface area contributed by atoms with Gasteiger partial charge >= 0.3 is 0 Å². The third-order valence-corrected chi connectivity index (χ3v) is 3.01. The van der Waals surface area contributed by atoms with Crippen LogP contribution in [0.1, 0.15) is 18.9 Å². The zero-order valence-electron chi connectivity index (χ0n) is 9.20. The maximum Gasteiger partial charge on any atom is 0.0686 e. The standard InChI is InChI=1S/C12H19NO/c1-4-12(10-14,13(2)3)11-8-6-5-7-9-11/h5-9,14H,4,10H2,1-3H3. The highest BCUT2D eigenvalue weighted by molar-refractivity contribution is 5.24. The van der Waals surface area contributed by atoms with E-state index in [1.807, 2.05) is 32.3 Å². The Kier molecular flexibility index (Phi) is 3.67. The summed E-state index contributed by atoms with van der Waals surface area (Å²) < 4.78 is 0. The fourth-order valence-electron chi connectivity index (χ4n) is 1.87. The normalized spacial score (nSPS) is 15.5. The number of aliphatic hydroxyl groups is 1. The van der Waals surface area contributed by atoms with Gasteiger partial charge in [-0.2, -0.15) is 0 Å². The van der Waals surface area contributed by atoms with Gasteiger partial charge in [0.2, 0.25) is 0 Å². The van der Waals surface area contributed by atoms with Crippen molar-refractivity contribution in [2.45, 2.75) is 18.9 Å². The summed E-state index contributed by atoms with van der Waals surface area (Å²) in [6, 6.07) is 10.2. The van der Waals surface area contributed by atoms with Crippen LogP contribution in [-0.2, 0) is 5.54 Å². The predicted molar refractivity (Wildman–Crippen MR) is 59.2 cm³/mol. The van der Waals surface area contributed by atoms with Gasteiger partial charge in [0, 0.05) is 0 Å². The van der Waals surface area contributed by atoms with Gasteiger partial charge in [0.15, 0.2) is 0 Å². The molecule has 0 radical (unpaired) electrons. The zero-order chi connectivity index (χ0) is 10.6. The van der Waals surface area contributed by atoms with Gasteiger partial charge < -0.3 is 5.11 Å². The maximum atomic E-state index is 9.56. The van der Waals surface area contributed by atoms with E-state index in [4.69, 9.17) is 0 Å². The Labute approximate surface area is 86.2 Å². The summed E-state index contributed by atoms with van der Waals surface area (Å²) in [4.78, 5) is 2.09. The second-order valence-electron chi connectivity index (χ2n) is 3.80. The second-order valence-corrected chi connectivity index (χ2v) is 3.80. The summed E-state index contributed by atoms with van der Waals surface area (Å²) in [6.07, 6.45) is 0.903. The molecule has 0 aliphatic rings. The van der Waals surface area contributed by atoms with Crippen LogP contribution >= 0.6 is 0 Å². The first-order chi connectivity index (χ1) is 6.67. The van der Waals surface area contributed by atoms with Gasteiger partial charge in [0.25, 0.3) is 0 Å². The van der Waals surface area contributed by atoms with E-state index < -0.39 is 0 Å². The van der Waals surface area contributed by atoms with Crippen molar-refractivity contribution >= 4 is 0 Å². The Balaban J connectivity index is 3.11.